The zero-order valence-electron chi connectivity index (χ0n) is 23.9. The number of rotatable bonds is 8. The number of pyridine rings is 3. The zero-order valence-corrected chi connectivity index (χ0v) is 24.7. The standard InChI is InChI=1S/C32H31FN8O2S/c33-24-12-20(5-9-44(34,42)43)10-22(13-24)31-25-15-29(38-27(25)4-6-36-31)32-26-14-28(37-18-30(26)39-40-32)23-11-21(16-35-17-23)19-41-7-2-1-3-8-41/h4,6,10-18,38H,1-3,5,7-9,19H2,(H,39,40)(H2,34,42,43). The third-order valence-corrected chi connectivity index (χ3v) is 8.88. The van der Waals surface area contributed by atoms with Crippen molar-refractivity contribution in [3.63, 3.8) is 0 Å². The minimum absolute atomic E-state index is 0.101. The lowest BCUT2D eigenvalue weighted by Crippen LogP contribution is -2.29. The third-order valence-electron chi connectivity index (χ3n) is 8.10. The van der Waals surface area contributed by atoms with Gasteiger partial charge in [0.1, 0.15) is 11.5 Å². The van der Waals surface area contributed by atoms with Crippen LogP contribution in [0.3, 0.4) is 0 Å². The molecule has 1 aliphatic heterocycles. The molecule has 0 atom stereocenters. The molecule has 6 heterocycles. The van der Waals surface area contributed by atoms with E-state index in [0.717, 1.165) is 64.1 Å². The summed E-state index contributed by atoms with van der Waals surface area (Å²) >= 11 is 0. The maximum Gasteiger partial charge on any atom is 0.209 e. The number of aryl methyl sites for hydroxylation is 1. The molecule has 7 rings (SSSR count). The van der Waals surface area contributed by atoms with E-state index in [-0.39, 0.29) is 12.2 Å². The second-order valence-corrected chi connectivity index (χ2v) is 13.1. The molecule has 6 aromatic rings. The molecule has 1 fully saturated rings. The van der Waals surface area contributed by atoms with Crippen molar-refractivity contribution < 1.29 is 12.8 Å². The van der Waals surface area contributed by atoms with Gasteiger partial charge in [0.05, 0.1) is 34.5 Å². The highest BCUT2D eigenvalue weighted by molar-refractivity contribution is 7.89. The lowest BCUT2D eigenvalue weighted by molar-refractivity contribution is 0.220. The van der Waals surface area contributed by atoms with Crippen LogP contribution in [0.25, 0.3) is 55.7 Å². The summed E-state index contributed by atoms with van der Waals surface area (Å²) in [5, 5.41) is 14.5. The van der Waals surface area contributed by atoms with Crippen molar-refractivity contribution >= 4 is 31.8 Å². The average molecular weight is 611 g/mol. The molecule has 0 amide bonds. The monoisotopic (exact) mass is 610 g/mol. The topological polar surface area (TPSA) is 147 Å². The molecule has 1 saturated heterocycles. The van der Waals surface area contributed by atoms with Crippen LogP contribution in [0.15, 0.2) is 67.3 Å². The number of hydrogen-bond donors (Lipinski definition) is 3. The maximum absolute atomic E-state index is 14.6. The van der Waals surface area contributed by atoms with E-state index in [1.165, 1.54) is 37.0 Å². The number of nitrogens with one attached hydrogen (secondary N) is 2. The Hall–Kier alpha value is -4.52. The van der Waals surface area contributed by atoms with E-state index in [1.54, 1.807) is 18.5 Å². The van der Waals surface area contributed by atoms with Gasteiger partial charge in [-0.3, -0.25) is 25.0 Å². The molecule has 4 N–H and O–H groups in total. The van der Waals surface area contributed by atoms with Crippen LogP contribution in [0.5, 0.6) is 0 Å². The number of nitrogens with zero attached hydrogens (tertiary/aromatic N) is 5. The van der Waals surface area contributed by atoms with Crippen molar-refractivity contribution in [2.75, 3.05) is 18.8 Å². The van der Waals surface area contributed by atoms with Crippen molar-refractivity contribution in [1.82, 2.24) is 35.0 Å². The Kier molecular flexibility index (Phi) is 7.40. The summed E-state index contributed by atoms with van der Waals surface area (Å²) in [6.07, 6.45) is 11.1. The SMILES string of the molecule is NS(=O)(=O)CCc1cc(F)cc(-c2nccc3[nH]c(-c4n[nH]c5cnc(-c6cncc(CN7CCCCC7)c6)cc45)cc23)c1. The normalized spacial score (nSPS) is 14.5. The van der Waals surface area contributed by atoms with Crippen LogP contribution in [0.4, 0.5) is 4.39 Å². The molecule has 1 aliphatic rings. The molecule has 0 saturated carbocycles. The number of aromatic amines is 2. The van der Waals surface area contributed by atoms with E-state index in [9.17, 15) is 12.8 Å². The van der Waals surface area contributed by atoms with E-state index < -0.39 is 15.8 Å². The first-order chi connectivity index (χ1) is 21.3. The number of benzene rings is 1. The van der Waals surface area contributed by atoms with Crippen LogP contribution in [0.2, 0.25) is 0 Å². The van der Waals surface area contributed by atoms with Crippen LogP contribution in [-0.4, -0.2) is 62.3 Å². The second kappa shape index (κ2) is 11.5. The van der Waals surface area contributed by atoms with Crippen LogP contribution >= 0.6 is 0 Å². The number of aromatic nitrogens is 6. The average Bonchev–Trinajstić information content (AvgIpc) is 3.64. The summed E-state index contributed by atoms with van der Waals surface area (Å²) in [7, 11) is -3.68. The largest absolute Gasteiger partial charge is 0.353 e. The predicted octanol–water partition coefficient (Wildman–Crippen LogP) is 5.19. The minimum atomic E-state index is -3.68. The number of H-pyrrole nitrogens is 2. The van der Waals surface area contributed by atoms with Crippen molar-refractivity contribution in [3.05, 3.63) is 84.2 Å². The van der Waals surface area contributed by atoms with Gasteiger partial charge in [0.2, 0.25) is 10.0 Å². The van der Waals surface area contributed by atoms with Gasteiger partial charge in [0.15, 0.2) is 0 Å². The molecule has 0 aliphatic carbocycles. The highest BCUT2D eigenvalue weighted by Gasteiger charge is 2.17. The minimum Gasteiger partial charge on any atom is -0.353 e. The van der Waals surface area contributed by atoms with E-state index in [4.69, 9.17) is 5.14 Å². The van der Waals surface area contributed by atoms with Gasteiger partial charge in [0, 0.05) is 52.6 Å². The number of fused-ring (bicyclic) bond motifs is 2. The fourth-order valence-corrected chi connectivity index (χ4v) is 6.49. The Morgan fingerprint density at radius 3 is 2.52 bits per heavy atom. The molecule has 0 radical (unpaired) electrons. The Balaban J connectivity index is 1.23. The molecule has 224 valence electrons. The number of nitrogens with two attached hydrogens (primary N) is 1. The molecule has 10 nitrogen and oxygen atoms in total. The summed E-state index contributed by atoms with van der Waals surface area (Å²) in [5.41, 5.74) is 7.64. The molecular weight excluding hydrogens is 579 g/mol. The Bertz CT molecular complexity index is 2100. The highest BCUT2D eigenvalue weighted by Crippen LogP contribution is 2.34. The quantitative estimate of drug-likeness (QED) is 0.215. The third kappa shape index (κ3) is 5.96. The first-order valence-corrected chi connectivity index (χ1v) is 16.3. The molecule has 0 unspecified atom stereocenters. The highest BCUT2D eigenvalue weighted by atomic mass is 32.2. The molecule has 44 heavy (non-hydrogen) atoms. The Morgan fingerprint density at radius 2 is 1.68 bits per heavy atom. The van der Waals surface area contributed by atoms with Gasteiger partial charge in [-0.2, -0.15) is 5.10 Å². The molecule has 12 heteroatoms. The predicted molar refractivity (Wildman–Crippen MR) is 168 cm³/mol. The van der Waals surface area contributed by atoms with Crippen molar-refractivity contribution in [2.45, 2.75) is 32.2 Å². The van der Waals surface area contributed by atoms with Crippen LogP contribution in [-0.2, 0) is 23.0 Å². The Labute approximate surface area is 253 Å². The molecule has 0 bridgehead atoms. The maximum atomic E-state index is 14.6. The van der Waals surface area contributed by atoms with Crippen LogP contribution < -0.4 is 5.14 Å². The van der Waals surface area contributed by atoms with E-state index >= 15 is 0 Å². The Morgan fingerprint density at radius 1 is 0.864 bits per heavy atom. The van der Waals surface area contributed by atoms with Crippen molar-refractivity contribution in [1.29, 1.82) is 0 Å². The number of primary sulfonamides is 1. The second-order valence-electron chi connectivity index (χ2n) is 11.4. The van der Waals surface area contributed by atoms with Crippen LogP contribution in [0.1, 0.15) is 30.4 Å². The number of hydrogen-bond acceptors (Lipinski definition) is 7. The van der Waals surface area contributed by atoms with E-state index in [1.807, 2.05) is 30.6 Å². The van der Waals surface area contributed by atoms with Gasteiger partial charge in [0.25, 0.3) is 0 Å². The van der Waals surface area contributed by atoms with Gasteiger partial charge in [-0.15, -0.1) is 0 Å². The number of halogens is 1. The molecule has 1 aromatic carbocycles. The summed E-state index contributed by atoms with van der Waals surface area (Å²) in [6.45, 7) is 3.12. The fraction of sp³-hybridized carbons (Fsp3) is 0.250. The van der Waals surface area contributed by atoms with Gasteiger partial charge in [-0.1, -0.05) is 6.42 Å². The van der Waals surface area contributed by atoms with E-state index in [0.29, 0.717) is 16.8 Å². The molecule has 5 aromatic heterocycles. The number of likely N-dealkylation sites (tertiary alicyclic amines) is 1. The van der Waals surface area contributed by atoms with Gasteiger partial charge in [-0.25, -0.2) is 17.9 Å². The number of piperidine rings is 1. The smallest absolute Gasteiger partial charge is 0.209 e. The van der Waals surface area contributed by atoms with Gasteiger partial charge >= 0.3 is 0 Å². The van der Waals surface area contributed by atoms with Crippen molar-refractivity contribution in [3.8, 4) is 33.9 Å². The lowest BCUT2D eigenvalue weighted by Gasteiger charge is -2.26. The summed E-state index contributed by atoms with van der Waals surface area (Å²) < 4.78 is 37.5. The summed E-state index contributed by atoms with van der Waals surface area (Å²) in [6, 6.07) is 12.4. The molecule has 0 spiro atoms. The van der Waals surface area contributed by atoms with Crippen LogP contribution in [0, 0.1) is 5.82 Å². The van der Waals surface area contributed by atoms with Crippen molar-refractivity contribution in [2.24, 2.45) is 5.14 Å². The molecular formula is C32H31FN8O2S. The number of sulfonamides is 1. The van der Waals surface area contributed by atoms with Gasteiger partial charge < -0.3 is 4.98 Å². The lowest BCUT2D eigenvalue weighted by atomic mass is 10.0. The first kappa shape index (κ1) is 28.3. The van der Waals surface area contributed by atoms with E-state index in [2.05, 4.69) is 41.1 Å². The van der Waals surface area contributed by atoms with Gasteiger partial charge in [-0.05, 0) is 85.9 Å². The fourth-order valence-electron chi connectivity index (χ4n) is 5.97. The first-order valence-electron chi connectivity index (χ1n) is 14.6. The summed E-state index contributed by atoms with van der Waals surface area (Å²) in [5.74, 6) is -0.752. The summed E-state index contributed by atoms with van der Waals surface area (Å²) in [4.78, 5) is 19.7. The zero-order chi connectivity index (χ0) is 30.3.